The fraction of sp³-hybridized carbons (Fsp3) is 0.353. The monoisotopic (exact) mass is 346 g/mol. The Labute approximate surface area is 145 Å². The first-order valence-electron chi connectivity index (χ1n) is 7.95. The van der Waals surface area contributed by atoms with Gasteiger partial charge in [0.1, 0.15) is 5.82 Å². The SMILES string of the molecule is Cn1nc(C(=O)NC2CCCC2)cc1NC(=O)c1ccccc1Cl. The van der Waals surface area contributed by atoms with Gasteiger partial charge in [-0.2, -0.15) is 5.10 Å². The standard InChI is InChI=1S/C17H19ClN4O2/c1-22-15(20-16(23)12-8-4-5-9-13(12)18)10-14(21-22)17(24)19-11-6-2-3-7-11/h4-5,8-11H,2-3,6-7H2,1H3,(H,19,24)(H,20,23). The summed E-state index contributed by atoms with van der Waals surface area (Å²) < 4.78 is 1.47. The van der Waals surface area contributed by atoms with Crippen molar-refractivity contribution in [2.45, 2.75) is 31.7 Å². The highest BCUT2D eigenvalue weighted by Crippen LogP contribution is 2.19. The van der Waals surface area contributed by atoms with E-state index < -0.39 is 0 Å². The summed E-state index contributed by atoms with van der Waals surface area (Å²) in [7, 11) is 1.68. The Kier molecular flexibility index (Phi) is 4.85. The van der Waals surface area contributed by atoms with E-state index in [-0.39, 0.29) is 17.9 Å². The fourth-order valence-corrected chi connectivity index (χ4v) is 3.08. The predicted octanol–water partition coefficient (Wildman–Crippen LogP) is 3.00. The third-order valence-corrected chi connectivity index (χ3v) is 4.49. The van der Waals surface area contributed by atoms with Gasteiger partial charge in [-0.25, -0.2) is 0 Å². The molecule has 1 fully saturated rings. The smallest absolute Gasteiger partial charge is 0.272 e. The van der Waals surface area contributed by atoms with Crippen molar-refractivity contribution >= 4 is 29.2 Å². The van der Waals surface area contributed by atoms with Crippen LogP contribution in [0.15, 0.2) is 30.3 Å². The maximum Gasteiger partial charge on any atom is 0.272 e. The molecule has 1 aromatic heterocycles. The maximum absolute atomic E-state index is 12.3. The lowest BCUT2D eigenvalue weighted by molar-refractivity contribution is 0.0931. The first kappa shape index (κ1) is 16.5. The number of anilines is 1. The Morgan fingerprint density at radius 3 is 2.62 bits per heavy atom. The topological polar surface area (TPSA) is 76.0 Å². The number of rotatable bonds is 4. The van der Waals surface area contributed by atoms with Crippen LogP contribution in [-0.2, 0) is 7.05 Å². The summed E-state index contributed by atoms with van der Waals surface area (Å²) in [6.07, 6.45) is 4.31. The van der Waals surface area contributed by atoms with E-state index in [9.17, 15) is 9.59 Å². The van der Waals surface area contributed by atoms with Gasteiger partial charge in [0.05, 0.1) is 10.6 Å². The van der Waals surface area contributed by atoms with E-state index in [1.54, 1.807) is 37.4 Å². The number of hydrogen-bond donors (Lipinski definition) is 2. The van der Waals surface area contributed by atoms with E-state index in [4.69, 9.17) is 11.6 Å². The highest BCUT2D eigenvalue weighted by molar-refractivity contribution is 6.34. The van der Waals surface area contributed by atoms with E-state index in [0.717, 1.165) is 25.7 Å². The number of nitrogens with one attached hydrogen (secondary N) is 2. The molecule has 2 aromatic rings. The van der Waals surface area contributed by atoms with E-state index in [0.29, 0.717) is 22.1 Å². The predicted molar refractivity (Wildman–Crippen MR) is 92.3 cm³/mol. The van der Waals surface area contributed by atoms with Crippen LogP contribution in [0.1, 0.15) is 46.5 Å². The van der Waals surface area contributed by atoms with Crippen LogP contribution >= 0.6 is 11.6 Å². The molecular weight excluding hydrogens is 328 g/mol. The van der Waals surface area contributed by atoms with Crippen LogP contribution in [0.25, 0.3) is 0 Å². The molecule has 0 atom stereocenters. The van der Waals surface area contributed by atoms with E-state index in [1.807, 2.05) is 0 Å². The van der Waals surface area contributed by atoms with Crippen LogP contribution < -0.4 is 10.6 Å². The van der Waals surface area contributed by atoms with Crippen molar-refractivity contribution in [2.75, 3.05) is 5.32 Å². The minimum Gasteiger partial charge on any atom is -0.348 e. The first-order chi connectivity index (χ1) is 11.5. The maximum atomic E-state index is 12.3. The van der Waals surface area contributed by atoms with Gasteiger partial charge in [0.25, 0.3) is 11.8 Å². The van der Waals surface area contributed by atoms with Gasteiger partial charge >= 0.3 is 0 Å². The molecule has 2 N–H and O–H groups in total. The van der Waals surface area contributed by atoms with Crippen LogP contribution in [0, 0.1) is 0 Å². The molecule has 0 radical (unpaired) electrons. The molecule has 0 saturated heterocycles. The summed E-state index contributed by atoms with van der Waals surface area (Å²) in [4.78, 5) is 24.6. The van der Waals surface area contributed by atoms with Crippen LogP contribution in [0.4, 0.5) is 5.82 Å². The summed E-state index contributed by atoms with van der Waals surface area (Å²) in [5, 5.41) is 10.3. The average molecular weight is 347 g/mol. The van der Waals surface area contributed by atoms with Gasteiger partial charge < -0.3 is 10.6 Å². The molecule has 0 spiro atoms. The average Bonchev–Trinajstić information content (AvgIpc) is 3.18. The molecule has 1 aromatic carbocycles. The lowest BCUT2D eigenvalue weighted by Crippen LogP contribution is -2.32. The van der Waals surface area contributed by atoms with E-state index in [2.05, 4.69) is 15.7 Å². The number of carbonyl (C=O) groups excluding carboxylic acids is 2. The summed E-state index contributed by atoms with van der Waals surface area (Å²) >= 11 is 6.03. The number of benzene rings is 1. The van der Waals surface area contributed by atoms with Gasteiger partial charge in [-0.05, 0) is 25.0 Å². The molecule has 0 bridgehead atoms. The van der Waals surface area contributed by atoms with Crippen LogP contribution in [-0.4, -0.2) is 27.6 Å². The zero-order valence-corrected chi connectivity index (χ0v) is 14.1. The van der Waals surface area contributed by atoms with Gasteiger partial charge in [-0.3, -0.25) is 14.3 Å². The van der Waals surface area contributed by atoms with Gasteiger partial charge in [0.2, 0.25) is 0 Å². The van der Waals surface area contributed by atoms with Crippen LogP contribution in [0.5, 0.6) is 0 Å². The third-order valence-electron chi connectivity index (χ3n) is 4.16. The minimum absolute atomic E-state index is 0.212. The number of nitrogens with zero attached hydrogens (tertiary/aromatic N) is 2. The van der Waals surface area contributed by atoms with Gasteiger partial charge in [0, 0.05) is 19.2 Å². The van der Waals surface area contributed by atoms with Gasteiger partial charge in [-0.15, -0.1) is 0 Å². The highest BCUT2D eigenvalue weighted by atomic mass is 35.5. The zero-order valence-electron chi connectivity index (χ0n) is 13.4. The van der Waals surface area contributed by atoms with Crippen LogP contribution in [0.3, 0.4) is 0 Å². The molecule has 1 heterocycles. The van der Waals surface area contributed by atoms with Crippen molar-refractivity contribution in [3.8, 4) is 0 Å². The Morgan fingerprint density at radius 1 is 1.21 bits per heavy atom. The number of amides is 2. The van der Waals surface area contributed by atoms with Crippen molar-refractivity contribution in [3.63, 3.8) is 0 Å². The molecule has 7 heteroatoms. The molecule has 1 aliphatic rings. The Hall–Kier alpha value is -2.34. The van der Waals surface area contributed by atoms with E-state index >= 15 is 0 Å². The van der Waals surface area contributed by atoms with Crippen LogP contribution in [0.2, 0.25) is 5.02 Å². The second-order valence-corrected chi connectivity index (χ2v) is 6.33. The molecule has 0 aliphatic heterocycles. The summed E-state index contributed by atoms with van der Waals surface area (Å²) in [5.41, 5.74) is 0.663. The first-order valence-corrected chi connectivity index (χ1v) is 8.33. The van der Waals surface area contributed by atoms with Crippen molar-refractivity contribution in [3.05, 3.63) is 46.6 Å². The minimum atomic E-state index is -0.341. The molecule has 3 rings (SSSR count). The van der Waals surface area contributed by atoms with Gasteiger partial charge in [-0.1, -0.05) is 36.6 Å². The zero-order chi connectivity index (χ0) is 17.1. The van der Waals surface area contributed by atoms with E-state index in [1.165, 1.54) is 4.68 Å². The lowest BCUT2D eigenvalue weighted by Gasteiger charge is -2.09. The second kappa shape index (κ2) is 7.05. The normalized spacial score (nSPS) is 14.6. The third kappa shape index (κ3) is 3.59. The molecule has 2 amide bonds. The highest BCUT2D eigenvalue weighted by Gasteiger charge is 2.21. The van der Waals surface area contributed by atoms with Gasteiger partial charge in [0.15, 0.2) is 5.69 Å². The molecule has 1 saturated carbocycles. The molecule has 0 unspecified atom stereocenters. The Balaban J connectivity index is 1.70. The molecule has 6 nitrogen and oxygen atoms in total. The van der Waals surface area contributed by atoms with Crippen molar-refractivity contribution < 1.29 is 9.59 Å². The summed E-state index contributed by atoms with van der Waals surface area (Å²) in [5.74, 6) is -0.112. The Bertz CT molecular complexity index is 766. The number of carbonyl (C=O) groups is 2. The quantitative estimate of drug-likeness (QED) is 0.893. The number of aromatic nitrogens is 2. The molecule has 126 valence electrons. The summed E-state index contributed by atoms with van der Waals surface area (Å²) in [6.45, 7) is 0. The van der Waals surface area contributed by atoms with Crippen molar-refractivity contribution in [1.82, 2.24) is 15.1 Å². The number of halogens is 1. The lowest BCUT2D eigenvalue weighted by atomic mass is 10.2. The second-order valence-electron chi connectivity index (χ2n) is 5.93. The molecule has 1 aliphatic carbocycles. The molecular formula is C17H19ClN4O2. The van der Waals surface area contributed by atoms with Crippen molar-refractivity contribution in [1.29, 1.82) is 0 Å². The number of hydrogen-bond acceptors (Lipinski definition) is 3. The fourth-order valence-electron chi connectivity index (χ4n) is 2.85. The summed E-state index contributed by atoms with van der Waals surface area (Å²) in [6, 6.07) is 8.58. The largest absolute Gasteiger partial charge is 0.348 e. The Morgan fingerprint density at radius 2 is 1.92 bits per heavy atom. The number of aryl methyl sites for hydroxylation is 1. The molecule has 24 heavy (non-hydrogen) atoms. The van der Waals surface area contributed by atoms with Crippen molar-refractivity contribution in [2.24, 2.45) is 7.05 Å².